The van der Waals surface area contributed by atoms with Crippen molar-refractivity contribution in [3.8, 4) is 0 Å². The molecule has 7 nitrogen and oxygen atoms in total. The third-order valence-corrected chi connectivity index (χ3v) is 7.33. The van der Waals surface area contributed by atoms with Gasteiger partial charge in [0.2, 0.25) is 0 Å². The second-order valence-electron chi connectivity index (χ2n) is 10.3. The van der Waals surface area contributed by atoms with Crippen molar-refractivity contribution in [2.45, 2.75) is 19.0 Å². The van der Waals surface area contributed by atoms with E-state index in [0.29, 0.717) is 12.0 Å². The number of hydrogen-bond donors (Lipinski definition) is 1. The molecule has 2 atom stereocenters. The monoisotopic (exact) mass is 473 g/mol. The number of rotatable bonds is 9. The van der Waals surface area contributed by atoms with Gasteiger partial charge >= 0.3 is 0 Å². The summed E-state index contributed by atoms with van der Waals surface area (Å²) >= 11 is 0. The third kappa shape index (κ3) is 5.74. The van der Waals surface area contributed by atoms with E-state index in [4.69, 9.17) is 9.97 Å². The molecule has 5 rings (SSSR count). The Hall–Kier alpha value is -2.74. The molecular formula is C28H39N7. The molecule has 2 aromatic rings. The number of para-hydroxylation sites is 1. The van der Waals surface area contributed by atoms with Crippen LogP contribution in [0.15, 0.2) is 60.3 Å². The maximum atomic E-state index is 4.95. The van der Waals surface area contributed by atoms with Gasteiger partial charge in [0.25, 0.3) is 0 Å². The predicted molar refractivity (Wildman–Crippen MR) is 144 cm³/mol. The lowest BCUT2D eigenvalue weighted by Crippen LogP contribution is -2.47. The summed E-state index contributed by atoms with van der Waals surface area (Å²) in [6, 6.07) is 8.83. The Kier molecular flexibility index (Phi) is 7.46. The van der Waals surface area contributed by atoms with Crippen LogP contribution < -0.4 is 5.32 Å². The van der Waals surface area contributed by atoms with E-state index in [-0.39, 0.29) is 0 Å². The Balaban J connectivity index is 1.18. The van der Waals surface area contributed by atoms with Gasteiger partial charge < -0.3 is 15.1 Å². The van der Waals surface area contributed by atoms with Gasteiger partial charge in [-0.15, -0.1) is 0 Å². The molecule has 0 bridgehead atoms. The van der Waals surface area contributed by atoms with E-state index in [1.807, 2.05) is 0 Å². The lowest BCUT2D eigenvalue weighted by atomic mass is 9.90. The quantitative estimate of drug-likeness (QED) is 0.562. The van der Waals surface area contributed by atoms with Crippen LogP contribution in [0.5, 0.6) is 0 Å². The Morgan fingerprint density at radius 1 is 0.971 bits per heavy atom. The van der Waals surface area contributed by atoms with Crippen molar-refractivity contribution < 1.29 is 0 Å². The van der Waals surface area contributed by atoms with Gasteiger partial charge in [0, 0.05) is 63.8 Å². The molecule has 7 heteroatoms. The highest BCUT2D eigenvalue weighted by Gasteiger charge is 2.32. The summed E-state index contributed by atoms with van der Waals surface area (Å²) < 4.78 is 0. The fourth-order valence-electron chi connectivity index (χ4n) is 5.40. The van der Waals surface area contributed by atoms with Crippen LogP contribution >= 0.6 is 0 Å². The number of likely N-dealkylation sites (N-methyl/N-ethyl adjacent to an activating group) is 1. The standard InChI is InChI=1S/C28H39N7/c1-32(2)14-8-13-29-28-24-10-4-6-11-25(24)30-27(31-28)21-35-17-15-34(16-18-35)20-22-19-33(3)26-12-7-5-9-23(22)26/h4-7,9-12,19,23,26H,8,13-18,20-21H2,1-3H3,(H,29,30,31). The number of benzene rings is 1. The van der Waals surface area contributed by atoms with Gasteiger partial charge in [0.15, 0.2) is 0 Å². The minimum absolute atomic E-state index is 0.493. The number of aromatic nitrogens is 2. The molecule has 1 aromatic heterocycles. The van der Waals surface area contributed by atoms with Gasteiger partial charge in [-0.3, -0.25) is 9.80 Å². The average Bonchev–Trinajstić information content (AvgIpc) is 3.18. The van der Waals surface area contributed by atoms with Crippen molar-refractivity contribution in [2.24, 2.45) is 5.92 Å². The fraction of sp³-hybridized carbons (Fsp3) is 0.500. The molecule has 3 heterocycles. The molecule has 0 amide bonds. The van der Waals surface area contributed by atoms with Crippen molar-refractivity contribution in [1.82, 2.24) is 29.6 Å². The number of allylic oxidation sites excluding steroid dienone is 2. The van der Waals surface area contributed by atoms with Crippen molar-refractivity contribution in [2.75, 3.05) is 72.3 Å². The van der Waals surface area contributed by atoms with Gasteiger partial charge in [-0.1, -0.05) is 36.4 Å². The summed E-state index contributed by atoms with van der Waals surface area (Å²) in [6.45, 7) is 8.11. The lowest BCUT2D eigenvalue weighted by Gasteiger charge is -2.35. The van der Waals surface area contributed by atoms with Crippen LogP contribution in [0.1, 0.15) is 12.2 Å². The second-order valence-corrected chi connectivity index (χ2v) is 10.3. The summed E-state index contributed by atoms with van der Waals surface area (Å²) in [5, 5.41) is 4.67. The van der Waals surface area contributed by atoms with Gasteiger partial charge in [0.1, 0.15) is 11.6 Å². The Morgan fingerprint density at radius 3 is 2.51 bits per heavy atom. The fourth-order valence-corrected chi connectivity index (χ4v) is 5.40. The Bertz CT molecular complexity index is 1100. The molecule has 0 spiro atoms. The number of fused-ring (bicyclic) bond motifs is 2. The first kappa shape index (κ1) is 24.0. The molecule has 186 valence electrons. The van der Waals surface area contributed by atoms with Crippen molar-refractivity contribution in [3.63, 3.8) is 0 Å². The highest BCUT2D eigenvalue weighted by atomic mass is 15.3. The molecule has 2 aliphatic heterocycles. The largest absolute Gasteiger partial charge is 0.373 e. The zero-order chi connectivity index (χ0) is 24.2. The van der Waals surface area contributed by atoms with E-state index in [2.05, 4.69) is 101 Å². The Morgan fingerprint density at radius 2 is 1.71 bits per heavy atom. The topological polar surface area (TPSA) is 50.8 Å². The molecule has 3 aliphatic rings. The van der Waals surface area contributed by atoms with Crippen LogP contribution in [0.2, 0.25) is 0 Å². The van der Waals surface area contributed by atoms with Crippen molar-refractivity contribution in [3.05, 3.63) is 66.2 Å². The maximum Gasteiger partial charge on any atom is 0.145 e. The second kappa shape index (κ2) is 10.9. The summed E-state index contributed by atoms with van der Waals surface area (Å²) in [4.78, 5) is 19.5. The van der Waals surface area contributed by atoms with Gasteiger partial charge in [0.05, 0.1) is 18.1 Å². The first-order valence-corrected chi connectivity index (χ1v) is 12.9. The highest BCUT2D eigenvalue weighted by molar-refractivity contribution is 5.88. The van der Waals surface area contributed by atoms with Gasteiger partial charge in [-0.05, 0) is 44.8 Å². The van der Waals surface area contributed by atoms with E-state index >= 15 is 0 Å². The SMILES string of the molecule is CN(C)CCCNc1nc(CN2CCN(CC3=CN(C)C4C=CC=CC34)CC2)nc2ccccc12. The zero-order valence-corrected chi connectivity index (χ0v) is 21.4. The van der Waals surface area contributed by atoms with E-state index < -0.39 is 0 Å². The van der Waals surface area contributed by atoms with Crippen LogP contribution in [-0.4, -0.2) is 103 Å². The highest BCUT2D eigenvalue weighted by Crippen LogP contribution is 2.32. The van der Waals surface area contributed by atoms with E-state index in [1.165, 1.54) is 5.57 Å². The third-order valence-electron chi connectivity index (χ3n) is 7.33. The first-order valence-electron chi connectivity index (χ1n) is 12.9. The van der Waals surface area contributed by atoms with Crippen LogP contribution in [-0.2, 0) is 6.54 Å². The van der Waals surface area contributed by atoms with Crippen LogP contribution in [0.25, 0.3) is 10.9 Å². The van der Waals surface area contributed by atoms with E-state index in [9.17, 15) is 0 Å². The summed E-state index contributed by atoms with van der Waals surface area (Å²) in [5.74, 6) is 2.40. The smallest absolute Gasteiger partial charge is 0.145 e. The molecular weight excluding hydrogens is 434 g/mol. The molecule has 35 heavy (non-hydrogen) atoms. The van der Waals surface area contributed by atoms with Crippen LogP contribution in [0, 0.1) is 5.92 Å². The van der Waals surface area contributed by atoms with Crippen LogP contribution in [0.3, 0.4) is 0 Å². The minimum Gasteiger partial charge on any atom is -0.373 e. The first-order chi connectivity index (χ1) is 17.1. The van der Waals surface area contributed by atoms with E-state index in [1.54, 1.807) is 0 Å². The van der Waals surface area contributed by atoms with Crippen molar-refractivity contribution in [1.29, 1.82) is 0 Å². The molecule has 1 N–H and O–H groups in total. The number of anilines is 1. The molecule has 1 fully saturated rings. The summed E-state index contributed by atoms with van der Waals surface area (Å²) in [5.41, 5.74) is 2.56. The average molecular weight is 474 g/mol. The molecule has 0 saturated carbocycles. The molecule has 2 unspecified atom stereocenters. The minimum atomic E-state index is 0.493. The number of hydrogen-bond acceptors (Lipinski definition) is 7. The van der Waals surface area contributed by atoms with Crippen molar-refractivity contribution >= 4 is 16.7 Å². The summed E-state index contributed by atoms with van der Waals surface area (Å²) in [7, 11) is 6.42. The number of piperazine rings is 1. The molecule has 1 aliphatic carbocycles. The lowest BCUT2D eigenvalue weighted by molar-refractivity contribution is 0.131. The van der Waals surface area contributed by atoms with Gasteiger partial charge in [-0.2, -0.15) is 0 Å². The molecule has 1 aromatic carbocycles. The summed E-state index contributed by atoms with van der Waals surface area (Å²) in [6.07, 6.45) is 12.5. The predicted octanol–water partition coefficient (Wildman–Crippen LogP) is 3.05. The zero-order valence-electron chi connectivity index (χ0n) is 21.4. The maximum absolute atomic E-state index is 4.95. The van der Waals surface area contributed by atoms with Crippen LogP contribution in [0.4, 0.5) is 5.82 Å². The molecule has 0 radical (unpaired) electrons. The number of nitrogens with zero attached hydrogens (tertiary/aromatic N) is 6. The Labute approximate surface area is 209 Å². The van der Waals surface area contributed by atoms with E-state index in [0.717, 1.165) is 81.3 Å². The number of nitrogens with one attached hydrogen (secondary N) is 1. The van der Waals surface area contributed by atoms with Gasteiger partial charge in [-0.25, -0.2) is 9.97 Å². The molecule has 1 saturated heterocycles. The normalized spacial score (nSPS) is 22.7.